The van der Waals surface area contributed by atoms with Crippen LogP contribution in [0, 0.1) is 0 Å². The van der Waals surface area contributed by atoms with E-state index in [0.717, 1.165) is 77.0 Å². The zero-order chi connectivity index (χ0) is 47.2. The average molecular weight is 909 g/mol. The first kappa shape index (κ1) is 62.1. The van der Waals surface area contributed by atoms with Crippen LogP contribution >= 0.6 is 0 Å². The van der Waals surface area contributed by atoms with E-state index < -0.39 is 6.10 Å². The molecule has 0 saturated carbocycles. The van der Waals surface area contributed by atoms with Crippen LogP contribution in [-0.4, -0.2) is 37.2 Å². The molecule has 0 amide bonds. The van der Waals surface area contributed by atoms with Gasteiger partial charge in [-0.05, 0) is 57.8 Å². The third-order valence-corrected chi connectivity index (χ3v) is 12.0. The molecule has 376 valence electrons. The van der Waals surface area contributed by atoms with E-state index in [1.165, 1.54) is 154 Å². The molecular weight excluding hydrogens is 805 g/mol. The normalized spacial score (nSPS) is 12.5. The fourth-order valence-electron chi connectivity index (χ4n) is 7.89. The largest absolute Gasteiger partial charge is 0.462 e. The monoisotopic (exact) mass is 909 g/mol. The highest BCUT2D eigenvalue weighted by molar-refractivity contribution is 5.71. The second-order valence-corrected chi connectivity index (χ2v) is 18.5. The zero-order valence-electron chi connectivity index (χ0n) is 43.0. The van der Waals surface area contributed by atoms with Crippen molar-refractivity contribution in [3.8, 4) is 0 Å². The quantitative estimate of drug-likeness (QED) is 0.0262. The summed E-state index contributed by atoms with van der Waals surface area (Å²) >= 11 is 0. The van der Waals surface area contributed by atoms with Crippen molar-refractivity contribution in [2.45, 2.75) is 284 Å². The van der Waals surface area contributed by atoms with E-state index in [1.807, 2.05) is 0 Å². The van der Waals surface area contributed by atoms with Gasteiger partial charge in [0.05, 0.1) is 0 Å². The summed E-state index contributed by atoms with van der Waals surface area (Å²) in [5.74, 6) is -0.937. The maximum Gasteiger partial charge on any atom is 0.306 e. The Morgan fingerprint density at radius 3 is 0.938 bits per heavy atom. The van der Waals surface area contributed by atoms with E-state index in [1.54, 1.807) is 0 Å². The summed E-state index contributed by atoms with van der Waals surface area (Å²) in [6, 6.07) is 0. The lowest BCUT2D eigenvalue weighted by Gasteiger charge is -2.18. The SMILES string of the molecule is CC/C=C\C/C=C\C/C=C\C/C=C\C/C=C\CCCC(=O)OC[C@H](COC(=O)CCCCCCCCCCCCCCC)OC(=O)CCCCCCCCCCCCCCCCCCC. The summed E-state index contributed by atoms with van der Waals surface area (Å²) < 4.78 is 16.8. The maximum absolute atomic E-state index is 12.8. The summed E-state index contributed by atoms with van der Waals surface area (Å²) in [6.07, 6.45) is 66.4. The van der Waals surface area contributed by atoms with Crippen molar-refractivity contribution >= 4 is 17.9 Å². The Morgan fingerprint density at radius 1 is 0.323 bits per heavy atom. The summed E-state index contributed by atoms with van der Waals surface area (Å²) in [5.41, 5.74) is 0. The van der Waals surface area contributed by atoms with Gasteiger partial charge in [0.25, 0.3) is 0 Å². The highest BCUT2D eigenvalue weighted by Crippen LogP contribution is 2.16. The van der Waals surface area contributed by atoms with E-state index >= 15 is 0 Å². The number of esters is 3. The Balaban J connectivity index is 4.43. The molecular formula is C59H104O6. The van der Waals surface area contributed by atoms with Gasteiger partial charge in [-0.1, -0.05) is 261 Å². The van der Waals surface area contributed by atoms with Gasteiger partial charge in [-0.25, -0.2) is 0 Å². The Labute approximate surface area is 402 Å². The molecule has 0 aliphatic heterocycles. The van der Waals surface area contributed by atoms with Crippen molar-refractivity contribution in [2.75, 3.05) is 13.2 Å². The molecule has 0 radical (unpaired) electrons. The second kappa shape index (κ2) is 53.7. The van der Waals surface area contributed by atoms with Crippen LogP contribution in [0.25, 0.3) is 0 Å². The van der Waals surface area contributed by atoms with Crippen molar-refractivity contribution in [2.24, 2.45) is 0 Å². The standard InChI is InChI=1S/C59H104O6/c1-4-7-10-13-16-19-22-25-27-29-31-34-37-40-43-46-49-52-58(61)64-55-56(54-63-57(60)51-48-45-42-39-36-33-24-21-18-15-12-9-6-3)65-59(62)53-50-47-44-41-38-35-32-30-28-26-23-20-17-14-11-8-5-2/h7,10,16,19,25,27,31,34,40,43,56H,4-6,8-9,11-15,17-18,20-24,26,28-30,32-33,35-39,41-42,44-55H2,1-3H3/b10-7-,19-16-,27-25-,34-31-,43-40-/t56-/m0/s1. The number of carbonyl (C=O) groups excluding carboxylic acids is 3. The maximum atomic E-state index is 12.8. The van der Waals surface area contributed by atoms with Crippen LogP contribution in [0.15, 0.2) is 60.8 Å². The summed E-state index contributed by atoms with van der Waals surface area (Å²) in [7, 11) is 0. The smallest absolute Gasteiger partial charge is 0.306 e. The lowest BCUT2D eigenvalue weighted by Crippen LogP contribution is -2.30. The van der Waals surface area contributed by atoms with E-state index in [0.29, 0.717) is 19.3 Å². The number of allylic oxidation sites excluding steroid dienone is 10. The average Bonchev–Trinajstić information content (AvgIpc) is 3.30. The van der Waals surface area contributed by atoms with Crippen molar-refractivity contribution in [1.29, 1.82) is 0 Å². The predicted octanol–water partition coefficient (Wildman–Crippen LogP) is 18.4. The third-order valence-electron chi connectivity index (χ3n) is 12.0. The predicted molar refractivity (Wildman–Crippen MR) is 279 cm³/mol. The molecule has 0 aliphatic rings. The van der Waals surface area contributed by atoms with Crippen LogP contribution in [0.1, 0.15) is 278 Å². The number of hydrogen-bond acceptors (Lipinski definition) is 6. The number of ether oxygens (including phenoxy) is 3. The van der Waals surface area contributed by atoms with Crippen molar-refractivity contribution in [1.82, 2.24) is 0 Å². The zero-order valence-corrected chi connectivity index (χ0v) is 43.0. The topological polar surface area (TPSA) is 78.9 Å². The third kappa shape index (κ3) is 51.9. The minimum absolute atomic E-state index is 0.0879. The Morgan fingerprint density at radius 2 is 0.600 bits per heavy atom. The number of hydrogen-bond donors (Lipinski definition) is 0. The van der Waals surface area contributed by atoms with Gasteiger partial charge in [0.15, 0.2) is 6.10 Å². The summed E-state index contributed by atoms with van der Waals surface area (Å²) in [4.78, 5) is 38.1. The Kier molecular flexibility index (Phi) is 51.3. The van der Waals surface area contributed by atoms with Crippen molar-refractivity contribution in [3.05, 3.63) is 60.8 Å². The van der Waals surface area contributed by atoms with Crippen LogP contribution in [0.5, 0.6) is 0 Å². The van der Waals surface area contributed by atoms with Crippen LogP contribution < -0.4 is 0 Å². The number of carbonyl (C=O) groups is 3. The van der Waals surface area contributed by atoms with E-state index in [2.05, 4.69) is 81.5 Å². The first-order chi connectivity index (χ1) is 32.0. The van der Waals surface area contributed by atoms with Gasteiger partial charge in [0.1, 0.15) is 13.2 Å². The lowest BCUT2D eigenvalue weighted by atomic mass is 10.0. The molecule has 6 nitrogen and oxygen atoms in total. The molecule has 0 bridgehead atoms. The van der Waals surface area contributed by atoms with Gasteiger partial charge < -0.3 is 14.2 Å². The molecule has 6 heteroatoms. The van der Waals surface area contributed by atoms with Gasteiger partial charge in [-0.3, -0.25) is 14.4 Å². The molecule has 0 fully saturated rings. The summed E-state index contributed by atoms with van der Waals surface area (Å²) in [5, 5.41) is 0. The number of unbranched alkanes of at least 4 members (excludes halogenated alkanes) is 29. The minimum Gasteiger partial charge on any atom is -0.462 e. The molecule has 0 aliphatic carbocycles. The molecule has 1 atom stereocenters. The molecule has 0 unspecified atom stereocenters. The highest BCUT2D eigenvalue weighted by Gasteiger charge is 2.19. The highest BCUT2D eigenvalue weighted by atomic mass is 16.6. The van der Waals surface area contributed by atoms with Gasteiger partial charge in [0, 0.05) is 19.3 Å². The summed E-state index contributed by atoms with van der Waals surface area (Å²) in [6.45, 7) is 6.50. The fourth-order valence-corrected chi connectivity index (χ4v) is 7.89. The molecule has 0 aromatic heterocycles. The number of rotatable bonds is 50. The van der Waals surface area contributed by atoms with Crippen molar-refractivity contribution in [3.63, 3.8) is 0 Å². The lowest BCUT2D eigenvalue weighted by molar-refractivity contribution is -0.167. The van der Waals surface area contributed by atoms with Crippen LogP contribution in [0.4, 0.5) is 0 Å². The molecule has 0 aromatic carbocycles. The first-order valence-electron chi connectivity index (χ1n) is 27.8. The fraction of sp³-hybridized carbons (Fsp3) is 0.780. The molecule has 65 heavy (non-hydrogen) atoms. The van der Waals surface area contributed by atoms with Crippen LogP contribution in [0.2, 0.25) is 0 Å². The van der Waals surface area contributed by atoms with Crippen LogP contribution in [-0.2, 0) is 28.6 Å². The second-order valence-electron chi connectivity index (χ2n) is 18.5. The molecule has 0 aromatic rings. The molecule has 0 spiro atoms. The molecule has 0 N–H and O–H groups in total. The van der Waals surface area contributed by atoms with E-state index in [9.17, 15) is 14.4 Å². The van der Waals surface area contributed by atoms with Gasteiger partial charge in [-0.15, -0.1) is 0 Å². The van der Waals surface area contributed by atoms with Crippen LogP contribution in [0.3, 0.4) is 0 Å². The van der Waals surface area contributed by atoms with Crippen molar-refractivity contribution < 1.29 is 28.6 Å². The molecule has 0 heterocycles. The Bertz CT molecular complexity index is 1180. The molecule has 0 rings (SSSR count). The minimum atomic E-state index is -0.793. The van der Waals surface area contributed by atoms with Gasteiger partial charge in [-0.2, -0.15) is 0 Å². The van der Waals surface area contributed by atoms with E-state index in [4.69, 9.17) is 14.2 Å². The first-order valence-corrected chi connectivity index (χ1v) is 27.8. The Hall–Kier alpha value is -2.89. The van der Waals surface area contributed by atoms with Gasteiger partial charge in [0.2, 0.25) is 0 Å². The van der Waals surface area contributed by atoms with E-state index in [-0.39, 0.29) is 37.5 Å². The molecule has 0 saturated heterocycles. The van der Waals surface area contributed by atoms with Gasteiger partial charge >= 0.3 is 17.9 Å².